The van der Waals surface area contributed by atoms with Crippen LogP contribution in [0.1, 0.15) is 17.2 Å². The summed E-state index contributed by atoms with van der Waals surface area (Å²) in [4.78, 5) is 6.27. The van der Waals surface area contributed by atoms with Crippen LogP contribution in [-0.4, -0.2) is 31.1 Å². The average molecular weight is 322 g/mol. The van der Waals surface area contributed by atoms with Gasteiger partial charge in [-0.05, 0) is 17.7 Å². The molecule has 2 aliphatic heterocycles. The first kappa shape index (κ1) is 14.6. The van der Waals surface area contributed by atoms with E-state index in [1.54, 1.807) is 4.90 Å². The Balaban J connectivity index is 1.70. The molecule has 0 aliphatic carbocycles. The number of piperazine rings is 1. The molecule has 0 aromatic heterocycles. The molecule has 2 aliphatic rings. The maximum absolute atomic E-state index is 9.08. The zero-order chi connectivity index (χ0) is 15.6. The minimum absolute atomic E-state index is 0.489. The highest BCUT2D eigenvalue weighted by molar-refractivity contribution is 7.99. The lowest BCUT2D eigenvalue weighted by atomic mass is 9.97. The molecular weight excluding hydrogens is 302 g/mol. The summed E-state index contributed by atoms with van der Waals surface area (Å²) in [6.45, 7) is 3.83. The first-order valence-electron chi connectivity index (χ1n) is 8.19. The van der Waals surface area contributed by atoms with Crippen LogP contribution in [0.25, 0.3) is 0 Å². The fourth-order valence-electron chi connectivity index (χ4n) is 3.69. The summed E-state index contributed by atoms with van der Waals surface area (Å²) in [5.74, 6) is 0. The summed E-state index contributed by atoms with van der Waals surface area (Å²) >= 11 is 1.90. The first-order valence-corrected chi connectivity index (χ1v) is 9.01. The molecule has 3 nitrogen and oxygen atoms in total. The van der Waals surface area contributed by atoms with Gasteiger partial charge in [-0.2, -0.15) is 5.26 Å². The minimum atomic E-state index is 0.489. The van der Waals surface area contributed by atoms with Gasteiger partial charge in [0.15, 0.2) is 6.19 Å². The number of fused-ring (bicyclic) bond motifs is 2. The SMILES string of the molecule is N#CN1CC[NH+]([C@@H]2Cc3ccccc3Sc3ccccc32)CC1. The van der Waals surface area contributed by atoms with Gasteiger partial charge in [0.05, 0.1) is 26.2 Å². The van der Waals surface area contributed by atoms with E-state index in [0.717, 1.165) is 32.6 Å². The van der Waals surface area contributed by atoms with E-state index in [0.29, 0.717) is 6.04 Å². The molecule has 2 aromatic rings. The summed E-state index contributed by atoms with van der Waals surface area (Å²) in [6.07, 6.45) is 3.38. The summed E-state index contributed by atoms with van der Waals surface area (Å²) < 4.78 is 0. The fraction of sp³-hybridized carbons (Fsp3) is 0.316. The van der Waals surface area contributed by atoms with Crippen LogP contribution in [0.2, 0.25) is 0 Å². The molecule has 2 aromatic carbocycles. The van der Waals surface area contributed by atoms with E-state index >= 15 is 0 Å². The number of nitrogens with one attached hydrogen (secondary N) is 1. The second-order valence-electron chi connectivity index (χ2n) is 6.25. The number of hydrogen-bond acceptors (Lipinski definition) is 3. The van der Waals surface area contributed by atoms with Crippen molar-refractivity contribution in [3.05, 3.63) is 59.7 Å². The number of hydrogen-bond donors (Lipinski definition) is 1. The van der Waals surface area contributed by atoms with Crippen LogP contribution < -0.4 is 4.90 Å². The molecule has 0 bridgehead atoms. The molecular formula is C19H20N3S+. The smallest absolute Gasteiger partial charge is 0.179 e. The largest absolute Gasteiger partial charge is 0.325 e. The standard InChI is InChI=1S/C19H19N3S/c20-14-21-9-11-22(12-10-21)17-13-15-5-1-3-7-18(15)23-19-8-4-2-6-16(17)19/h1-8,17H,9-13H2/p+1/t17-/m1/s1. The highest BCUT2D eigenvalue weighted by atomic mass is 32.2. The van der Waals surface area contributed by atoms with Gasteiger partial charge in [0.1, 0.15) is 6.04 Å². The number of nitriles is 1. The molecule has 0 spiro atoms. The Bertz CT molecular complexity index is 744. The van der Waals surface area contributed by atoms with Crippen LogP contribution >= 0.6 is 11.8 Å². The van der Waals surface area contributed by atoms with Crippen LogP contribution in [-0.2, 0) is 6.42 Å². The molecule has 1 N–H and O–H groups in total. The lowest BCUT2D eigenvalue weighted by molar-refractivity contribution is -0.935. The molecule has 23 heavy (non-hydrogen) atoms. The fourth-order valence-corrected chi connectivity index (χ4v) is 4.83. The van der Waals surface area contributed by atoms with Crippen LogP contribution in [0.5, 0.6) is 0 Å². The van der Waals surface area contributed by atoms with Gasteiger partial charge in [-0.1, -0.05) is 48.2 Å². The summed E-state index contributed by atoms with van der Waals surface area (Å²) in [5.41, 5.74) is 2.92. The van der Waals surface area contributed by atoms with Crippen molar-refractivity contribution in [2.75, 3.05) is 26.2 Å². The predicted molar refractivity (Wildman–Crippen MR) is 91.3 cm³/mol. The van der Waals surface area contributed by atoms with Gasteiger partial charge < -0.3 is 4.90 Å². The highest BCUT2D eigenvalue weighted by Gasteiger charge is 2.32. The second kappa shape index (κ2) is 6.27. The normalized spacial score (nSPS) is 21.0. The second-order valence-corrected chi connectivity index (χ2v) is 7.33. The van der Waals surface area contributed by atoms with Crippen molar-refractivity contribution in [1.82, 2.24) is 4.90 Å². The third kappa shape index (κ3) is 2.83. The Morgan fingerprint density at radius 1 is 1.00 bits per heavy atom. The minimum Gasteiger partial charge on any atom is -0.325 e. The Kier molecular flexibility index (Phi) is 3.99. The molecule has 0 saturated carbocycles. The third-order valence-electron chi connectivity index (χ3n) is 4.95. The number of benzene rings is 2. The van der Waals surface area contributed by atoms with Crippen molar-refractivity contribution in [3.8, 4) is 6.19 Å². The van der Waals surface area contributed by atoms with E-state index in [2.05, 4.69) is 54.7 Å². The zero-order valence-corrected chi connectivity index (χ0v) is 13.9. The third-order valence-corrected chi connectivity index (χ3v) is 6.16. The lowest BCUT2D eigenvalue weighted by Crippen LogP contribution is -3.15. The van der Waals surface area contributed by atoms with Crippen LogP contribution in [0.3, 0.4) is 0 Å². The van der Waals surface area contributed by atoms with Crippen molar-refractivity contribution < 1.29 is 4.90 Å². The summed E-state index contributed by atoms with van der Waals surface area (Å²) in [5, 5.41) is 9.08. The average Bonchev–Trinajstić information content (AvgIpc) is 2.78. The zero-order valence-electron chi connectivity index (χ0n) is 13.0. The van der Waals surface area contributed by atoms with E-state index < -0.39 is 0 Å². The molecule has 1 saturated heterocycles. The van der Waals surface area contributed by atoms with Crippen molar-refractivity contribution in [2.24, 2.45) is 0 Å². The van der Waals surface area contributed by atoms with Crippen molar-refractivity contribution in [2.45, 2.75) is 22.3 Å². The topological polar surface area (TPSA) is 31.5 Å². The van der Waals surface area contributed by atoms with Crippen LogP contribution in [0.4, 0.5) is 0 Å². The van der Waals surface area contributed by atoms with Gasteiger partial charge in [0.25, 0.3) is 0 Å². The maximum Gasteiger partial charge on any atom is 0.179 e. The quantitative estimate of drug-likeness (QED) is 0.816. The molecule has 116 valence electrons. The van der Waals surface area contributed by atoms with Crippen molar-refractivity contribution >= 4 is 11.8 Å². The predicted octanol–water partition coefficient (Wildman–Crippen LogP) is 2.12. The monoisotopic (exact) mass is 322 g/mol. The number of quaternary nitrogens is 1. The molecule has 4 heteroatoms. The van der Waals surface area contributed by atoms with Gasteiger partial charge in [0, 0.05) is 21.8 Å². The molecule has 0 unspecified atom stereocenters. The van der Waals surface area contributed by atoms with Crippen molar-refractivity contribution in [3.63, 3.8) is 0 Å². The van der Waals surface area contributed by atoms with E-state index in [-0.39, 0.29) is 0 Å². The van der Waals surface area contributed by atoms with Gasteiger partial charge in [-0.15, -0.1) is 0 Å². The summed E-state index contributed by atoms with van der Waals surface area (Å²) in [6, 6.07) is 18.1. The molecule has 0 radical (unpaired) electrons. The molecule has 2 heterocycles. The van der Waals surface area contributed by atoms with Crippen molar-refractivity contribution in [1.29, 1.82) is 5.26 Å². The number of nitrogens with zero attached hydrogens (tertiary/aromatic N) is 2. The maximum atomic E-state index is 9.08. The Morgan fingerprint density at radius 2 is 1.70 bits per heavy atom. The Labute approximate surface area is 141 Å². The van der Waals surface area contributed by atoms with Crippen LogP contribution in [0.15, 0.2) is 58.3 Å². The molecule has 1 atom stereocenters. The molecule has 0 amide bonds. The first-order chi connectivity index (χ1) is 11.3. The summed E-state index contributed by atoms with van der Waals surface area (Å²) in [7, 11) is 0. The van der Waals surface area contributed by atoms with Gasteiger partial charge >= 0.3 is 0 Å². The Hall–Kier alpha value is -1.96. The van der Waals surface area contributed by atoms with E-state index in [4.69, 9.17) is 5.26 Å². The van der Waals surface area contributed by atoms with E-state index in [9.17, 15) is 0 Å². The van der Waals surface area contributed by atoms with Gasteiger partial charge in [0.2, 0.25) is 0 Å². The Morgan fingerprint density at radius 3 is 2.48 bits per heavy atom. The molecule has 4 rings (SSSR count). The van der Waals surface area contributed by atoms with Gasteiger partial charge in [-0.3, -0.25) is 4.90 Å². The number of rotatable bonds is 1. The highest BCUT2D eigenvalue weighted by Crippen LogP contribution is 2.39. The molecule has 1 fully saturated rings. The van der Waals surface area contributed by atoms with E-state index in [1.165, 1.54) is 20.9 Å². The lowest BCUT2D eigenvalue weighted by Gasteiger charge is -2.34. The van der Waals surface area contributed by atoms with Gasteiger partial charge in [-0.25, -0.2) is 0 Å². The van der Waals surface area contributed by atoms with Crippen LogP contribution in [0, 0.1) is 11.5 Å². The van der Waals surface area contributed by atoms with E-state index in [1.807, 2.05) is 16.7 Å².